The lowest BCUT2D eigenvalue weighted by atomic mass is 10.3. The van der Waals surface area contributed by atoms with E-state index in [1.807, 2.05) is 24.0 Å². The fraction of sp³-hybridized carbons (Fsp3) is 0.583. The first-order valence-electron chi connectivity index (χ1n) is 5.60. The summed E-state index contributed by atoms with van der Waals surface area (Å²) in [6.45, 7) is 4.19. The van der Waals surface area contributed by atoms with E-state index in [0.29, 0.717) is 0 Å². The van der Waals surface area contributed by atoms with Crippen molar-refractivity contribution in [1.29, 1.82) is 0 Å². The van der Waals surface area contributed by atoms with Crippen LogP contribution in [0.4, 0.5) is 0 Å². The second-order valence-corrected chi connectivity index (χ2v) is 4.82. The highest BCUT2D eigenvalue weighted by molar-refractivity contribution is 7.98. The molecule has 0 atom stereocenters. The molecule has 4 heteroatoms. The molecule has 1 heterocycles. The monoisotopic (exact) mass is 239 g/mol. The van der Waals surface area contributed by atoms with Crippen molar-refractivity contribution < 1.29 is 0 Å². The zero-order chi connectivity index (χ0) is 11.6. The molecule has 0 amide bonds. The van der Waals surface area contributed by atoms with Gasteiger partial charge in [0.15, 0.2) is 0 Å². The first kappa shape index (κ1) is 13.5. The molecule has 1 rings (SSSR count). The van der Waals surface area contributed by atoms with E-state index in [-0.39, 0.29) is 0 Å². The minimum Gasteiger partial charge on any atom is -0.311 e. The Morgan fingerprint density at radius 1 is 1.44 bits per heavy atom. The summed E-state index contributed by atoms with van der Waals surface area (Å²) in [5, 5.41) is 3.42. The second-order valence-electron chi connectivity index (χ2n) is 3.83. The minimum atomic E-state index is 0.907. The highest BCUT2D eigenvalue weighted by Gasteiger charge is 1.97. The summed E-state index contributed by atoms with van der Waals surface area (Å²) in [6, 6.07) is 4.07. The van der Waals surface area contributed by atoms with Crippen LogP contribution in [0.25, 0.3) is 0 Å². The van der Waals surface area contributed by atoms with Crippen molar-refractivity contribution in [2.24, 2.45) is 0 Å². The number of rotatable bonds is 8. The number of pyridine rings is 1. The lowest BCUT2D eigenvalue weighted by Gasteiger charge is -2.16. The van der Waals surface area contributed by atoms with Gasteiger partial charge in [0.1, 0.15) is 0 Å². The smallest absolute Gasteiger partial charge is 0.0312 e. The predicted octanol–water partition coefficient (Wildman–Crippen LogP) is 1.47. The van der Waals surface area contributed by atoms with Crippen molar-refractivity contribution in [2.75, 3.05) is 38.7 Å². The van der Waals surface area contributed by atoms with E-state index in [1.54, 1.807) is 6.20 Å². The molecule has 0 saturated carbocycles. The highest BCUT2D eigenvalue weighted by Crippen LogP contribution is 1.94. The van der Waals surface area contributed by atoms with Crippen molar-refractivity contribution >= 4 is 11.8 Å². The molecule has 3 nitrogen and oxygen atoms in total. The lowest BCUT2D eigenvalue weighted by Crippen LogP contribution is -2.30. The number of hydrogen-bond acceptors (Lipinski definition) is 4. The average Bonchev–Trinajstić information content (AvgIpc) is 2.33. The normalized spacial score (nSPS) is 10.9. The van der Waals surface area contributed by atoms with Gasteiger partial charge in [-0.15, -0.1) is 0 Å². The van der Waals surface area contributed by atoms with Crippen LogP contribution in [-0.4, -0.2) is 48.6 Å². The third-order valence-electron chi connectivity index (χ3n) is 2.40. The van der Waals surface area contributed by atoms with E-state index < -0.39 is 0 Å². The maximum Gasteiger partial charge on any atom is 0.0312 e. The van der Waals surface area contributed by atoms with Crippen molar-refractivity contribution in [3.8, 4) is 0 Å². The number of hydrogen-bond donors (Lipinski definition) is 1. The van der Waals surface area contributed by atoms with E-state index in [9.17, 15) is 0 Å². The van der Waals surface area contributed by atoms with Crippen LogP contribution in [0.1, 0.15) is 5.56 Å². The maximum absolute atomic E-state index is 4.09. The van der Waals surface area contributed by atoms with Gasteiger partial charge in [0.2, 0.25) is 0 Å². The zero-order valence-corrected chi connectivity index (χ0v) is 11.0. The molecule has 0 bridgehead atoms. The molecule has 1 aromatic rings. The summed E-state index contributed by atoms with van der Waals surface area (Å²) in [5.74, 6) is 1.21. The number of thioether (sulfide) groups is 1. The Morgan fingerprint density at radius 3 is 3.00 bits per heavy atom. The Balaban J connectivity index is 2.03. The molecule has 0 aliphatic rings. The fourth-order valence-electron chi connectivity index (χ4n) is 1.36. The second kappa shape index (κ2) is 8.56. The van der Waals surface area contributed by atoms with Crippen molar-refractivity contribution in [2.45, 2.75) is 6.54 Å². The standard InChI is InChI=1S/C12H21N3S/c1-15(8-9-16-2)7-6-14-11-12-4-3-5-13-10-12/h3-5,10,14H,6-9,11H2,1-2H3. The molecule has 90 valence electrons. The molecule has 1 N–H and O–H groups in total. The molecule has 0 aliphatic carbocycles. The van der Waals surface area contributed by atoms with Crippen LogP contribution in [0.15, 0.2) is 24.5 Å². The lowest BCUT2D eigenvalue weighted by molar-refractivity contribution is 0.351. The molecule has 0 aliphatic heterocycles. The Bertz CT molecular complexity index is 266. The topological polar surface area (TPSA) is 28.2 Å². The van der Waals surface area contributed by atoms with Crippen LogP contribution >= 0.6 is 11.8 Å². The Hall–Kier alpha value is -0.580. The molecule has 0 spiro atoms. The van der Waals surface area contributed by atoms with Gasteiger partial charge < -0.3 is 10.2 Å². The summed E-state index contributed by atoms with van der Waals surface area (Å²) in [5.41, 5.74) is 1.24. The fourth-order valence-corrected chi connectivity index (χ4v) is 1.86. The number of aromatic nitrogens is 1. The van der Waals surface area contributed by atoms with Gasteiger partial charge in [-0.3, -0.25) is 4.98 Å². The van der Waals surface area contributed by atoms with E-state index in [4.69, 9.17) is 0 Å². The first-order chi connectivity index (χ1) is 7.83. The van der Waals surface area contributed by atoms with Gasteiger partial charge in [0, 0.05) is 44.3 Å². The third-order valence-corrected chi connectivity index (χ3v) is 2.99. The SMILES string of the molecule is CSCCN(C)CCNCc1cccnc1. The molecule has 0 fully saturated rings. The van der Waals surface area contributed by atoms with Crippen LogP contribution in [0.3, 0.4) is 0 Å². The largest absolute Gasteiger partial charge is 0.311 e. The summed E-state index contributed by atoms with van der Waals surface area (Å²) < 4.78 is 0. The summed E-state index contributed by atoms with van der Waals surface area (Å²) in [6.07, 6.45) is 5.86. The Kier molecular flexibility index (Phi) is 7.21. The summed E-state index contributed by atoms with van der Waals surface area (Å²) in [7, 11) is 2.17. The highest BCUT2D eigenvalue weighted by atomic mass is 32.2. The predicted molar refractivity (Wildman–Crippen MR) is 71.8 cm³/mol. The quantitative estimate of drug-likeness (QED) is 0.695. The van der Waals surface area contributed by atoms with E-state index in [1.165, 1.54) is 11.3 Å². The van der Waals surface area contributed by atoms with Crippen LogP contribution in [0, 0.1) is 0 Å². The van der Waals surface area contributed by atoms with E-state index in [0.717, 1.165) is 26.2 Å². The average molecular weight is 239 g/mol. The maximum atomic E-state index is 4.09. The molecule has 0 radical (unpaired) electrons. The Labute approximate surface area is 103 Å². The molecular weight excluding hydrogens is 218 g/mol. The van der Waals surface area contributed by atoms with Crippen molar-refractivity contribution in [1.82, 2.24) is 15.2 Å². The van der Waals surface area contributed by atoms with Gasteiger partial charge in [-0.05, 0) is 24.9 Å². The van der Waals surface area contributed by atoms with Gasteiger partial charge in [-0.25, -0.2) is 0 Å². The van der Waals surface area contributed by atoms with Gasteiger partial charge in [-0.1, -0.05) is 6.07 Å². The number of nitrogens with one attached hydrogen (secondary N) is 1. The van der Waals surface area contributed by atoms with Crippen molar-refractivity contribution in [3.63, 3.8) is 0 Å². The minimum absolute atomic E-state index is 0.907. The van der Waals surface area contributed by atoms with E-state index in [2.05, 4.69) is 34.6 Å². The van der Waals surface area contributed by atoms with Gasteiger partial charge >= 0.3 is 0 Å². The van der Waals surface area contributed by atoms with Crippen molar-refractivity contribution in [3.05, 3.63) is 30.1 Å². The van der Waals surface area contributed by atoms with Gasteiger partial charge in [0.25, 0.3) is 0 Å². The van der Waals surface area contributed by atoms with E-state index >= 15 is 0 Å². The number of nitrogens with zero attached hydrogens (tertiary/aromatic N) is 2. The Morgan fingerprint density at radius 2 is 2.31 bits per heavy atom. The van der Waals surface area contributed by atoms with Crippen LogP contribution in [0.2, 0.25) is 0 Å². The zero-order valence-electron chi connectivity index (χ0n) is 10.1. The van der Waals surface area contributed by atoms with Gasteiger partial charge in [0.05, 0.1) is 0 Å². The van der Waals surface area contributed by atoms with Crippen LogP contribution < -0.4 is 5.32 Å². The summed E-state index contributed by atoms with van der Waals surface area (Å²) in [4.78, 5) is 6.44. The number of likely N-dealkylation sites (N-methyl/N-ethyl adjacent to an activating group) is 1. The molecule has 0 saturated heterocycles. The van der Waals surface area contributed by atoms with Gasteiger partial charge in [-0.2, -0.15) is 11.8 Å². The molecular formula is C12H21N3S. The molecule has 16 heavy (non-hydrogen) atoms. The molecule has 1 aromatic heterocycles. The molecule has 0 aromatic carbocycles. The molecule has 0 unspecified atom stereocenters. The summed E-state index contributed by atoms with van der Waals surface area (Å²) >= 11 is 1.90. The van der Waals surface area contributed by atoms with Crippen LogP contribution in [0.5, 0.6) is 0 Å². The first-order valence-corrected chi connectivity index (χ1v) is 6.99. The van der Waals surface area contributed by atoms with Crippen LogP contribution in [-0.2, 0) is 6.54 Å². The third kappa shape index (κ3) is 6.10.